The molecule has 0 saturated carbocycles. The summed E-state index contributed by atoms with van der Waals surface area (Å²) in [5, 5.41) is 8.79. The molecule has 0 aromatic rings. The summed E-state index contributed by atoms with van der Waals surface area (Å²) in [6.45, 7) is 1.92. The van der Waals surface area contributed by atoms with E-state index in [0.29, 0.717) is 0 Å². The number of carboxylic acids is 1. The van der Waals surface area contributed by atoms with Crippen LogP contribution in [0.5, 0.6) is 0 Å². The van der Waals surface area contributed by atoms with Gasteiger partial charge in [0.25, 0.3) is 0 Å². The quantitative estimate of drug-likeness (QED) is 0.564. The number of aliphatic carboxylic acids is 1. The fraction of sp³-hybridized carbons (Fsp3) is 0.625. The van der Waals surface area contributed by atoms with Gasteiger partial charge in [-0.15, -0.1) is 0 Å². The number of carboxylic acid groups (broad SMARTS) is 1. The van der Waals surface area contributed by atoms with E-state index in [2.05, 4.69) is 0 Å². The molecule has 0 radical (unpaired) electrons. The van der Waals surface area contributed by atoms with Crippen LogP contribution >= 0.6 is 0 Å². The molecule has 0 spiro atoms. The van der Waals surface area contributed by atoms with E-state index in [1.54, 1.807) is 0 Å². The van der Waals surface area contributed by atoms with Gasteiger partial charge in [-0.2, -0.15) is 0 Å². The highest BCUT2D eigenvalue weighted by molar-refractivity contribution is 5.72. The van der Waals surface area contributed by atoms with Crippen molar-refractivity contribution in [2.24, 2.45) is 11.8 Å². The molecule has 4 unspecified atom stereocenters. The number of rotatable bonds is 1. The Morgan fingerprint density at radius 2 is 2.09 bits per heavy atom. The van der Waals surface area contributed by atoms with Crippen LogP contribution in [0.25, 0.3) is 0 Å². The Hall–Kier alpha value is -0.830. The van der Waals surface area contributed by atoms with Crippen molar-refractivity contribution >= 4 is 5.97 Å². The molecule has 0 aliphatic carbocycles. The lowest BCUT2D eigenvalue weighted by Gasteiger charge is -2.16. The lowest BCUT2D eigenvalue weighted by molar-refractivity contribution is -0.143. The van der Waals surface area contributed by atoms with E-state index in [4.69, 9.17) is 9.84 Å². The minimum Gasteiger partial charge on any atom is -0.481 e. The zero-order valence-electron chi connectivity index (χ0n) is 6.23. The normalized spacial score (nSPS) is 46.6. The van der Waals surface area contributed by atoms with E-state index in [1.165, 1.54) is 0 Å². The molecule has 3 heteroatoms. The molecule has 2 aliphatic rings. The van der Waals surface area contributed by atoms with Gasteiger partial charge in [-0.05, 0) is 0 Å². The second-order valence-electron chi connectivity index (χ2n) is 3.17. The van der Waals surface area contributed by atoms with Gasteiger partial charge in [0, 0.05) is 5.92 Å². The molecule has 0 aromatic carbocycles. The molecular formula is C8H10O3. The average molecular weight is 154 g/mol. The van der Waals surface area contributed by atoms with E-state index in [1.807, 2.05) is 19.1 Å². The molecule has 0 aromatic heterocycles. The van der Waals surface area contributed by atoms with Crippen molar-refractivity contribution in [2.45, 2.75) is 19.1 Å². The molecule has 2 bridgehead atoms. The number of hydrogen-bond donors (Lipinski definition) is 1. The van der Waals surface area contributed by atoms with Gasteiger partial charge in [0.15, 0.2) is 0 Å². The molecule has 1 fully saturated rings. The van der Waals surface area contributed by atoms with Crippen molar-refractivity contribution in [1.82, 2.24) is 0 Å². The maximum absolute atomic E-state index is 10.7. The van der Waals surface area contributed by atoms with Crippen LogP contribution < -0.4 is 0 Å². The van der Waals surface area contributed by atoms with Crippen LogP contribution in [0.2, 0.25) is 0 Å². The van der Waals surface area contributed by atoms with E-state index in [0.717, 1.165) is 0 Å². The van der Waals surface area contributed by atoms with Gasteiger partial charge in [0.2, 0.25) is 0 Å². The fourth-order valence-electron chi connectivity index (χ4n) is 1.86. The maximum Gasteiger partial charge on any atom is 0.309 e. The van der Waals surface area contributed by atoms with Crippen LogP contribution in [0, 0.1) is 11.8 Å². The first-order valence-corrected chi connectivity index (χ1v) is 3.77. The van der Waals surface area contributed by atoms with Crippen LogP contribution in [0.15, 0.2) is 12.2 Å². The van der Waals surface area contributed by atoms with Crippen LogP contribution in [-0.2, 0) is 9.53 Å². The van der Waals surface area contributed by atoms with Gasteiger partial charge in [-0.25, -0.2) is 0 Å². The molecule has 11 heavy (non-hydrogen) atoms. The van der Waals surface area contributed by atoms with Crippen molar-refractivity contribution in [2.75, 3.05) is 0 Å². The first-order chi connectivity index (χ1) is 5.20. The zero-order valence-corrected chi connectivity index (χ0v) is 6.23. The third-order valence-electron chi connectivity index (χ3n) is 2.53. The number of ether oxygens (including phenoxy) is 1. The lowest BCUT2D eigenvalue weighted by Crippen LogP contribution is -2.28. The summed E-state index contributed by atoms with van der Waals surface area (Å²) < 4.78 is 5.37. The number of fused-ring (bicyclic) bond motifs is 2. The van der Waals surface area contributed by atoms with Gasteiger partial charge in [0.05, 0.1) is 18.1 Å². The van der Waals surface area contributed by atoms with E-state index in [9.17, 15) is 4.79 Å². The predicted octanol–water partition coefficient (Wildman–Crippen LogP) is 0.660. The van der Waals surface area contributed by atoms with Crippen LogP contribution in [0.4, 0.5) is 0 Å². The van der Waals surface area contributed by atoms with Gasteiger partial charge in [0.1, 0.15) is 0 Å². The largest absolute Gasteiger partial charge is 0.481 e. The van der Waals surface area contributed by atoms with Gasteiger partial charge < -0.3 is 9.84 Å². The second-order valence-corrected chi connectivity index (χ2v) is 3.17. The highest BCUT2D eigenvalue weighted by Crippen LogP contribution is 2.38. The Balaban J connectivity index is 2.25. The summed E-state index contributed by atoms with van der Waals surface area (Å²) in [5.41, 5.74) is 0. The summed E-state index contributed by atoms with van der Waals surface area (Å²) in [5.74, 6) is -0.943. The summed E-state index contributed by atoms with van der Waals surface area (Å²) in [6, 6.07) is 0. The van der Waals surface area contributed by atoms with Crippen molar-refractivity contribution < 1.29 is 14.6 Å². The van der Waals surface area contributed by atoms with E-state index < -0.39 is 5.97 Å². The molecule has 1 N–H and O–H groups in total. The number of carbonyl (C=O) groups is 1. The summed E-state index contributed by atoms with van der Waals surface area (Å²) in [6.07, 6.45) is 3.67. The van der Waals surface area contributed by atoms with Gasteiger partial charge in [-0.3, -0.25) is 4.79 Å². The molecule has 2 rings (SSSR count). The molecule has 1 saturated heterocycles. The SMILES string of the molecule is CC1C2C=CC(O2)C1C(=O)O. The molecule has 2 heterocycles. The lowest BCUT2D eigenvalue weighted by atomic mass is 9.85. The zero-order chi connectivity index (χ0) is 8.01. The molecular weight excluding hydrogens is 144 g/mol. The molecule has 3 nitrogen and oxygen atoms in total. The van der Waals surface area contributed by atoms with Crippen molar-refractivity contribution in [3.05, 3.63) is 12.2 Å². The predicted molar refractivity (Wildman–Crippen MR) is 38.1 cm³/mol. The highest BCUT2D eigenvalue weighted by Gasteiger charge is 2.47. The van der Waals surface area contributed by atoms with Crippen LogP contribution in [0.1, 0.15) is 6.92 Å². The molecule has 2 aliphatic heterocycles. The Kier molecular flexibility index (Phi) is 1.29. The van der Waals surface area contributed by atoms with Crippen molar-refractivity contribution in [3.8, 4) is 0 Å². The van der Waals surface area contributed by atoms with Crippen LogP contribution in [0.3, 0.4) is 0 Å². The maximum atomic E-state index is 10.7. The van der Waals surface area contributed by atoms with Gasteiger partial charge in [-0.1, -0.05) is 19.1 Å². The molecule has 60 valence electrons. The van der Waals surface area contributed by atoms with Crippen molar-refractivity contribution in [1.29, 1.82) is 0 Å². The summed E-state index contributed by atoms with van der Waals surface area (Å²) >= 11 is 0. The third-order valence-corrected chi connectivity index (χ3v) is 2.53. The third kappa shape index (κ3) is 0.807. The Morgan fingerprint density at radius 1 is 1.45 bits per heavy atom. The van der Waals surface area contributed by atoms with E-state index in [-0.39, 0.29) is 24.0 Å². The monoisotopic (exact) mass is 154 g/mol. The Labute approximate surface area is 64.7 Å². The second kappa shape index (κ2) is 2.08. The van der Waals surface area contributed by atoms with E-state index >= 15 is 0 Å². The summed E-state index contributed by atoms with van der Waals surface area (Å²) in [4.78, 5) is 10.7. The number of hydrogen-bond acceptors (Lipinski definition) is 2. The smallest absolute Gasteiger partial charge is 0.309 e. The highest BCUT2D eigenvalue weighted by atomic mass is 16.5. The first-order valence-electron chi connectivity index (χ1n) is 3.77. The minimum absolute atomic E-state index is 0.0427. The first kappa shape index (κ1) is 6.85. The standard InChI is InChI=1S/C8H10O3/c1-4-5-2-3-6(11-5)7(4)8(9)10/h2-7H,1H3,(H,9,10). The molecule has 4 atom stereocenters. The minimum atomic E-state index is -0.741. The summed E-state index contributed by atoms with van der Waals surface area (Å²) in [7, 11) is 0. The molecule has 0 amide bonds. The average Bonchev–Trinajstić information content (AvgIpc) is 2.44. The van der Waals surface area contributed by atoms with Gasteiger partial charge >= 0.3 is 5.97 Å². The fourth-order valence-corrected chi connectivity index (χ4v) is 1.86. The topological polar surface area (TPSA) is 46.5 Å². The Morgan fingerprint density at radius 3 is 2.45 bits per heavy atom. The Bertz CT molecular complexity index is 221. The van der Waals surface area contributed by atoms with Crippen LogP contribution in [-0.4, -0.2) is 23.3 Å². The van der Waals surface area contributed by atoms with Crippen molar-refractivity contribution in [3.63, 3.8) is 0 Å².